The summed E-state index contributed by atoms with van der Waals surface area (Å²) in [4.78, 5) is 29.1. The first-order chi connectivity index (χ1) is 12.0. The largest absolute Gasteiger partial charge is 0.335 e. The number of hydrogen-bond acceptors (Lipinski definition) is 2. The van der Waals surface area contributed by atoms with Crippen molar-refractivity contribution in [3.8, 4) is 0 Å². The SMILES string of the molecule is Cc1ccc(C(=O)N2CCN(C(=O)c3ccc(C)cc3)[C@H](C)C2)cc1. The summed E-state index contributed by atoms with van der Waals surface area (Å²) >= 11 is 0. The van der Waals surface area contributed by atoms with Gasteiger partial charge in [0, 0.05) is 36.8 Å². The summed E-state index contributed by atoms with van der Waals surface area (Å²) in [6, 6.07) is 15.3. The van der Waals surface area contributed by atoms with Gasteiger partial charge in [-0.2, -0.15) is 0 Å². The highest BCUT2D eigenvalue weighted by Crippen LogP contribution is 2.17. The molecule has 0 unspecified atom stereocenters. The van der Waals surface area contributed by atoms with Crippen molar-refractivity contribution in [3.05, 3.63) is 70.8 Å². The lowest BCUT2D eigenvalue weighted by atomic mass is 10.1. The monoisotopic (exact) mass is 336 g/mol. The molecule has 0 N–H and O–H groups in total. The Bertz CT molecular complexity index is 765. The number of aryl methyl sites for hydroxylation is 2. The minimum Gasteiger partial charge on any atom is -0.335 e. The molecule has 0 spiro atoms. The van der Waals surface area contributed by atoms with Crippen molar-refractivity contribution in [2.45, 2.75) is 26.8 Å². The van der Waals surface area contributed by atoms with Crippen LogP contribution in [0.2, 0.25) is 0 Å². The van der Waals surface area contributed by atoms with Gasteiger partial charge < -0.3 is 9.80 Å². The maximum atomic E-state index is 12.7. The van der Waals surface area contributed by atoms with Gasteiger partial charge in [0.2, 0.25) is 0 Å². The van der Waals surface area contributed by atoms with Gasteiger partial charge in [0.1, 0.15) is 0 Å². The molecule has 3 rings (SSSR count). The second-order valence-electron chi connectivity index (χ2n) is 6.83. The Hall–Kier alpha value is -2.62. The molecular formula is C21H24N2O2. The van der Waals surface area contributed by atoms with Gasteiger partial charge in [0.05, 0.1) is 0 Å². The van der Waals surface area contributed by atoms with Gasteiger partial charge in [0.15, 0.2) is 0 Å². The molecule has 4 nitrogen and oxygen atoms in total. The fourth-order valence-corrected chi connectivity index (χ4v) is 3.18. The molecule has 1 fully saturated rings. The Balaban J connectivity index is 1.67. The molecule has 2 amide bonds. The molecule has 0 aliphatic carbocycles. The van der Waals surface area contributed by atoms with E-state index in [2.05, 4.69) is 0 Å². The van der Waals surface area contributed by atoms with Crippen LogP contribution in [0.4, 0.5) is 0 Å². The van der Waals surface area contributed by atoms with E-state index in [-0.39, 0.29) is 17.9 Å². The maximum absolute atomic E-state index is 12.7. The highest BCUT2D eigenvalue weighted by atomic mass is 16.2. The smallest absolute Gasteiger partial charge is 0.254 e. The molecule has 0 saturated carbocycles. The van der Waals surface area contributed by atoms with E-state index in [9.17, 15) is 9.59 Å². The molecule has 1 heterocycles. The lowest BCUT2D eigenvalue weighted by Gasteiger charge is -2.40. The molecular weight excluding hydrogens is 312 g/mol. The molecule has 0 aromatic heterocycles. The fraction of sp³-hybridized carbons (Fsp3) is 0.333. The topological polar surface area (TPSA) is 40.6 Å². The van der Waals surface area contributed by atoms with Crippen LogP contribution in [0.5, 0.6) is 0 Å². The minimum atomic E-state index is -0.00282. The van der Waals surface area contributed by atoms with Crippen molar-refractivity contribution in [2.75, 3.05) is 19.6 Å². The molecule has 1 aliphatic rings. The van der Waals surface area contributed by atoms with Gasteiger partial charge in [-0.3, -0.25) is 9.59 Å². The van der Waals surface area contributed by atoms with E-state index in [1.165, 1.54) is 0 Å². The van der Waals surface area contributed by atoms with Crippen LogP contribution < -0.4 is 0 Å². The Labute approximate surface area is 149 Å². The predicted octanol–water partition coefficient (Wildman–Crippen LogP) is 3.29. The highest BCUT2D eigenvalue weighted by Gasteiger charge is 2.30. The Kier molecular flexibility index (Phi) is 4.88. The first kappa shape index (κ1) is 17.2. The first-order valence-electron chi connectivity index (χ1n) is 8.69. The van der Waals surface area contributed by atoms with Gasteiger partial charge >= 0.3 is 0 Å². The summed E-state index contributed by atoms with van der Waals surface area (Å²) in [5.74, 6) is 0.0734. The molecule has 130 valence electrons. The predicted molar refractivity (Wildman–Crippen MR) is 98.8 cm³/mol. The van der Waals surface area contributed by atoms with Crippen molar-refractivity contribution in [1.82, 2.24) is 9.80 Å². The van der Waals surface area contributed by atoms with E-state index in [1.807, 2.05) is 79.1 Å². The van der Waals surface area contributed by atoms with E-state index in [0.717, 1.165) is 11.1 Å². The third-order valence-corrected chi connectivity index (χ3v) is 4.77. The molecule has 1 aliphatic heterocycles. The third-order valence-electron chi connectivity index (χ3n) is 4.77. The lowest BCUT2D eigenvalue weighted by molar-refractivity contribution is 0.0414. The quantitative estimate of drug-likeness (QED) is 0.844. The average molecular weight is 336 g/mol. The van der Waals surface area contributed by atoms with Crippen LogP contribution in [0.15, 0.2) is 48.5 Å². The average Bonchev–Trinajstić information content (AvgIpc) is 2.62. The molecule has 1 saturated heterocycles. The Morgan fingerprint density at radius 2 is 1.28 bits per heavy atom. The summed E-state index contributed by atoms with van der Waals surface area (Å²) in [5, 5.41) is 0. The summed E-state index contributed by atoms with van der Waals surface area (Å²) < 4.78 is 0. The molecule has 0 radical (unpaired) electrons. The zero-order valence-corrected chi connectivity index (χ0v) is 15.0. The number of hydrogen-bond donors (Lipinski definition) is 0. The van der Waals surface area contributed by atoms with Gasteiger partial charge in [-0.05, 0) is 45.0 Å². The standard InChI is InChI=1S/C21H24N2O2/c1-15-4-8-18(9-5-15)20(24)22-12-13-23(17(3)14-22)21(25)19-10-6-16(2)7-11-19/h4-11,17H,12-14H2,1-3H3/t17-/m1/s1. The number of piperazine rings is 1. The minimum absolute atomic E-state index is 0.00282. The van der Waals surface area contributed by atoms with Gasteiger partial charge in [-0.15, -0.1) is 0 Å². The number of amides is 2. The van der Waals surface area contributed by atoms with Crippen LogP contribution in [-0.2, 0) is 0 Å². The molecule has 4 heteroatoms. The summed E-state index contributed by atoms with van der Waals surface area (Å²) in [5.41, 5.74) is 3.68. The van der Waals surface area contributed by atoms with E-state index in [1.54, 1.807) is 0 Å². The van der Waals surface area contributed by atoms with Crippen LogP contribution in [-0.4, -0.2) is 47.3 Å². The lowest BCUT2D eigenvalue weighted by Crippen LogP contribution is -2.55. The van der Waals surface area contributed by atoms with Crippen LogP contribution in [0.25, 0.3) is 0 Å². The van der Waals surface area contributed by atoms with E-state index in [4.69, 9.17) is 0 Å². The second-order valence-corrected chi connectivity index (χ2v) is 6.83. The van der Waals surface area contributed by atoms with E-state index in [0.29, 0.717) is 30.8 Å². The number of benzene rings is 2. The van der Waals surface area contributed by atoms with Crippen LogP contribution in [0.1, 0.15) is 38.8 Å². The van der Waals surface area contributed by atoms with Crippen LogP contribution in [0, 0.1) is 13.8 Å². The summed E-state index contributed by atoms with van der Waals surface area (Å²) in [6.45, 7) is 7.70. The summed E-state index contributed by atoms with van der Waals surface area (Å²) in [6.07, 6.45) is 0. The van der Waals surface area contributed by atoms with Gasteiger partial charge in [0.25, 0.3) is 11.8 Å². The molecule has 2 aromatic carbocycles. The van der Waals surface area contributed by atoms with Crippen molar-refractivity contribution in [3.63, 3.8) is 0 Å². The van der Waals surface area contributed by atoms with Crippen molar-refractivity contribution >= 4 is 11.8 Å². The fourth-order valence-electron chi connectivity index (χ4n) is 3.18. The Morgan fingerprint density at radius 1 is 0.800 bits per heavy atom. The van der Waals surface area contributed by atoms with Crippen LogP contribution >= 0.6 is 0 Å². The zero-order valence-electron chi connectivity index (χ0n) is 15.0. The number of rotatable bonds is 2. The molecule has 1 atom stereocenters. The number of nitrogens with zero attached hydrogens (tertiary/aromatic N) is 2. The number of carbonyl (C=O) groups excluding carboxylic acids is 2. The van der Waals surface area contributed by atoms with E-state index < -0.39 is 0 Å². The highest BCUT2D eigenvalue weighted by molar-refractivity contribution is 5.96. The summed E-state index contributed by atoms with van der Waals surface area (Å²) in [7, 11) is 0. The molecule has 2 aromatic rings. The normalized spacial score (nSPS) is 17.5. The maximum Gasteiger partial charge on any atom is 0.254 e. The number of carbonyl (C=O) groups is 2. The first-order valence-corrected chi connectivity index (χ1v) is 8.69. The molecule has 0 bridgehead atoms. The Morgan fingerprint density at radius 3 is 1.76 bits per heavy atom. The second kappa shape index (κ2) is 7.09. The van der Waals surface area contributed by atoms with E-state index >= 15 is 0 Å². The van der Waals surface area contributed by atoms with Crippen molar-refractivity contribution < 1.29 is 9.59 Å². The zero-order chi connectivity index (χ0) is 18.0. The van der Waals surface area contributed by atoms with Crippen LogP contribution in [0.3, 0.4) is 0 Å². The van der Waals surface area contributed by atoms with Gasteiger partial charge in [-0.25, -0.2) is 0 Å². The molecule has 25 heavy (non-hydrogen) atoms. The van der Waals surface area contributed by atoms with Crippen molar-refractivity contribution in [1.29, 1.82) is 0 Å². The third kappa shape index (κ3) is 3.73. The van der Waals surface area contributed by atoms with Gasteiger partial charge in [-0.1, -0.05) is 35.4 Å². The van der Waals surface area contributed by atoms with Crippen molar-refractivity contribution in [2.24, 2.45) is 0 Å².